The van der Waals surface area contributed by atoms with E-state index in [1.54, 1.807) is 12.1 Å². The molecule has 1 aromatic rings. The van der Waals surface area contributed by atoms with E-state index in [2.05, 4.69) is 0 Å². The van der Waals surface area contributed by atoms with Crippen LogP contribution in [0.1, 0.15) is 11.1 Å². The number of nitrogens with zero attached hydrogens (tertiary/aromatic N) is 1. The third-order valence-electron chi connectivity index (χ3n) is 3.38. The van der Waals surface area contributed by atoms with Crippen LogP contribution < -0.4 is 5.73 Å². The third kappa shape index (κ3) is 3.54. The Balaban J connectivity index is 2.21. The highest BCUT2D eigenvalue weighted by molar-refractivity contribution is 7.90. The number of rotatable bonds is 3. The molecule has 0 spiro atoms. The van der Waals surface area contributed by atoms with Crippen molar-refractivity contribution in [2.45, 2.75) is 17.7 Å². The molecule has 1 heterocycles. The Labute approximate surface area is 113 Å². The maximum absolute atomic E-state index is 11.5. The van der Waals surface area contributed by atoms with Gasteiger partial charge in [0.2, 0.25) is 5.91 Å². The summed E-state index contributed by atoms with van der Waals surface area (Å²) >= 11 is 0. The van der Waals surface area contributed by atoms with Crippen LogP contribution in [0.25, 0.3) is 0 Å². The van der Waals surface area contributed by atoms with Crippen LogP contribution in [0.2, 0.25) is 0 Å². The number of primary amides is 1. The first kappa shape index (κ1) is 14.0. The first-order valence-electron chi connectivity index (χ1n) is 6.19. The first-order valence-corrected chi connectivity index (χ1v) is 8.08. The molecule has 0 unspecified atom stereocenters. The van der Waals surface area contributed by atoms with Crippen molar-refractivity contribution < 1.29 is 13.2 Å². The highest BCUT2D eigenvalue weighted by Crippen LogP contribution is 2.20. The van der Waals surface area contributed by atoms with E-state index in [0.717, 1.165) is 37.1 Å². The Hall–Kier alpha value is -1.40. The lowest BCUT2D eigenvalue weighted by Gasteiger charge is -2.16. The number of nitrogens with two attached hydrogens (primary N) is 1. The summed E-state index contributed by atoms with van der Waals surface area (Å²) in [7, 11) is -3.17. The molecule has 0 aliphatic carbocycles. The lowest BCUT2D eigenvalue weighted by molar-refractivity contribution is -0.119. The third-order valence-corrected chi connectivity index (χ3v) is 4.49. The molecular formula is C13H18N2O3S. The molecule has 104 valence electrons. The van der Waals surface area contributed by atoms with E-state index < -0.39 is 9.84 Å². The fourth-order valence-electron chi connectivity index (χ4n) is 2.36. The van der Waals surface area contributed by atoms with E-state index in [9.17, 15) is 13.2 Å². The molecule has 0 atom stereocenters. The first-order chi connectivity index (χ1) is 8.86. The minimum absolute atomic E-state index is 0.257. The van der Waals surface area contributed by atoms with Crippen molar-refractivity contribution in [1.29, 1.82) is 0 Å². The molecule has 1 aliphatic heterocycles. The maximum Gasteiger partial charge on any atom is 0.231 e. The Bertz CT molecular complexity index is 596. The monoisotopic (exact) mass is 282 g/mol. The van der Waals surface area contributed by atoms with Crippen molar-refractivity contribution in [1.82, 2.24) is 4.90 Å². The highest BCUT2D eigenvalue weighted by Gasteiger charge is 2.17. The summed E-state index contributed by atoms with van der Waals surface area (Å²) in [6.45, 7) is 1.75. The number of amides is 1. The Morgan fingerprint density at radius 2 is 1.89 bits per heavy atom. The Morgan fingerprint density at radius 1 is 1.26 bits per heavy atom. The smallest absolute Gasteiger partial charge is 0.231 e. The van der Waals surface area contributed by atoms with Crippen LogP contribution >= 0.6 is 0 Å². The quantitative estimate of drug-likeness (QED) is 0.844. The molecule has 0 radical (unpaired) electrons. The number of benzene rings is 1. The molecule has 2 rings (SSSR count). The van der Waals surface area contributed by atoms with Crippen LogP contribution in [0, 0.1) is 0 Å². The number of fused-ring (bicyclic) bond motifs is 1. The van der Waals surface area contributed by atoms with Gasteiger partial charge in [0.25, 0.3) is 0 Å². The van der Waals surface area contributed by atoms with E-state index in [1.165, 1.54) is 6.26 Å². The molecule has 19 heavy (non-hydrogen) atoms. The Morgan fingerprint density at radius 3 is 2.47 bits per heavy atom. The van der Waals surface area contributed by atoms with E-state index in [0.29, 0.717) is 4.90 Å². The van der Waals surface area contributed by atoms with Gasteiger partial charge in [-0.05, 0) is 36.1 Å². The largest absolute Gasteiger partial charge is 0.369 e. The molecule has 0 saturated carbocycles. The second kappa shape index (κ2) is 5.30. The molecular weight excluding hydrogens is 264 g/mol. The maximum atomic E-state index is 11.5. The zero-order valence-electron chi connectivity index (χ0n) is 10.9. The summed E-state index contributed by atoms with van der Waals surface area (Å²) in [5.74, 6) is -0.331. The molecule has 1 amide bonds. The second-order valence-corrected chi connectivity index (χ2v) is 6.96. The van der Waals surface area contributed by atoms with Crippen LogP contribution in [-0.4, -0.2) is 45.1 Å². The van der Waals surface area contributed by atoms with Crippen molar-refractivity contribution >= 4 is 15.7 Å². The standard InChI is InChI=1S/C13H18N2O3S/c1-19(17,18)12-3-2-10-4-6-15(9-13(14)16)7-5-11(10)8-12/h2-3,8H,4-7,9H2,1H3,(H2,14,16). The molecule has 5 nitrogen and oxygen atoms in total. The van der Waals surface area contributed by atoms with Crippen LogP contribution in [0.4, 0.5) is 0 Å². The van der Waals surface area contributed by atoms with Gasteiger partial charge in [0.1, 0.15) is 0 Å². The van der Waals surface area contributed by atoms with Gasteiger partial charge >= 0.3 is 0 Å². The summed E-state index contributed by atoms with van der Waals surface area (Å²) in [5.41, 5.74) is 7.40. The van der Waals surface area contributed by atoms with Crippen LogP contribution in [-0.2, 0) is 27.5 Å². The summed E-state index contributed by atoms with van der Waals surface area (Å²) in [5, 5.41) is 0. The topological polar surface area (TPSA) is 80.5 Å². The number of hydrogen-bond donors (Lipinski definition) is 1. The average Bonchev–Trinajstić information content (AvgIpc) is 2.49. The highest BCUT2D eigenvalue weighted by atomic mass is 32.2. The van der Waals surface area contributed by atoms with Gasteiger partial charge in [0.15, 0.2) is 9.84 Å². The number of hydrogen-bond acceptors (Lipinski definition) is 4. The lowest BCUT2D eigenvalue weighted by Crippen LogP contribution is -2.35. The molecule has 1 aliphatic rings. The van der Waals surface area contributed by atoms with Crippen molar-refractivity contribution in [3.05, 3.63) is 29.3 Å². The SMILES string of the molecule is CS(=O)(=O)c1ccc2c(c1)CCN(CC(N)=O)CC2. The second-order valence-electron chi connectivity index (χ2n) is 4.95. The van der Waals surface area contributed by atoms with Crippen molar-refractivity contribution in [2.24, 2.45) is 5.73 Å². The molecule has 0 saturated heterocycles. The van der Waals surface area contributed by atoms with Gasteiger partial charge in [-0.15, -0.1) is 0 Å². The van der Waals surface area contributed by atoms with Crippen molar-refractivity contribution in [2.75, 3.05) is 25.9 Å². The Kier molecular flexibility index (Phi) is 3.91. The molecule has 0 aromatic heterocycles. The predicted molar refractivity (Wildman–Crippen MR) is 72.6 cm³/mol. The normalized spacial score (nSPS) is 16.7. The molecule has 0 bridgehead atoms. The summed E-state index contributed by atoms with van der Waals surface area (Å²) in [6.07, 6.45) is 2.77. The van der Waals surface area contributed by atoms with Gasteiger partial charge < -0.3 is 5.73 Å². The summed E-state index contributed by atoms with van der Waals surface area (Å²) in [6, 6.07) is 5.27. The molecule has 6 heteroatoms. The molecule has 0 fully saturated rings. The van der Waals surface area contributed by atoms with Gasteiger partial charge in [-0.2, -0.15) is 0 Å². The van der Waals surface area contributed by atoms with E-state index in [1.807, 2.05) is 11.0 Å². The minimum atomic E-state index is -3.17. The van der Waals surface area contributed by atoms with Gasteiger partial charge in [-0.25, -0.2) is 8.42 Å². The molecule has 2 N–H and O–H groups in total. The van der Waals surface area contributed by atoms with Crippen LogP contribution in [0.5, 0.6) is 0 Å². The van der Waals surface area contributed by atoms with Gasteiger partial charge in [0.05, 0.1) is 11.4 Å². The van der Waals surface area contributed by atoms with Crippen LogP contribution in [0.3, 0.4) is 0 Å². The molecule has 1 aromatic carbocycles. The van der Waals surface area contributed by atoms with Gasteiger partial charge in [-0.1, -0.05) is 6.07 Å². The zero-order valence-corrected chi connectivity index (χ0v) is 11.7. The predicted octanol–water partition coefficient (Wildman–Crippen LogP) is -0.0240. The van der Waals surface area contributed by atoms with Crippen molar-refractivity contribution in [3.8, 4) is 0 Å². The van der Waals surface area contributed by atoms with Crippen LogP contribution in [0.15, 0.2) is 23.1 Å². The van der Waals surface area contributed by atoms with Crippen molar-refractivity contribution in [3.63, 3.8) is 0 Å². The van der Waals surface area contributed by atoms with E-state index in [-0.39, 0.29) is 12.5 Å². The lowest BCUT2D eigenvalue weighted by atomic mass is 10.0. The van der Waals surface area contributed by atoms with E-state index in [4.69, 9.17) is 5.73 Å². The zero-order chi connectivity index (χ0) is 14.0. The van der Waals surface area contributed by atoms with Gasteiger partial charge in [-0.3, -0.25) is 9.69 Å². The average molecular weight is 282 g/mol. The van der Waals surface area contributed by atoms with E-state index >= 15 is 0 Å². The van der Waals surface area contributed by atoms with Gasteiger partial charge in [0, 0.05) is 19.3 Å². The fraction of sp³-hybridized carbons (Fsp3) is 0.462. The summed E-state index contributed by atoms with van der Waals surface area (Å²) < 4.78 is 23.1. The number of sulfone groups is 1. The minimum Gasteiger partial charge on any atom is -0.369 e. The summed E-state index contributed by atoms with van der Waals surface area (Å²) in [4.78, 5) is 13.3. The number of carbonyl (C=O) groups excluding carboxylic acids is 1. The fourth-order valence-corrected chi connectivity index (χ4v) is 3.03. The number of carbonyl (C=O) groups is 1.